The first-order chi connectivity index (χ1) is 14.8. The van der Waals surface area contributed by atoms with Gasteiger partial charge in [-0.1, -0.05) is 60.7 Å². The van der Waals surface area contributed by atoms with Crippen LogP contribution in [0.4, 0.5) is 0 Å². The van der Waals surface area contributed by atoms with Crippen molar-refractivity contribution in [3.8, 4) is 0 Å². The van der Waals surface area contributed by atoms with Gasteiger partial charge in [-0.05, 0) is 72.6 Å². The summed E-state index contributed by atoms with van der Waals surface area (Å²) < 4.78 is 0. The van der Waals surface area contributed by atoms with Crippen molar-refractivity contribution in [2.75, 3.05) is 13.1 Å². The molecule has 0 N–H and O–H groups in total. The van der Waals surface area contributed by atoms with Gasteiger partial charge in [0.05, 0.1) is 0 Å². The zero-order valence-corrected chi connectivity index (χ0v) is 18.0. The summed E-state index contributed by atoms with van der Waals surface area (Å²) in [4.78, 5) is 9.41. The van der Waals surface area contributed by atoms with Crippen LogP contribution in [0.15, 0.2) is 83.8 Å². The van der Waals surface area contributed by atoms with E-state index in [1.165, 1.54) is 47.9 Å². The molecule has 1 aliphatic carbocycles. The van der Waals surface area contributed by atoms with Gasteiger partial charge >= 0.3 is 0 Å². The smallest absolute Gasteiger partial charge is 0.0417 e. The molecule has 30 heavy (non-hydrogen) atoms. The van der Waals surface area contributed by atoms with Gasteiger partial charge in [-0.25, -0.2) is 0 Å². The summed E-state index contributed by atoms with van der Waals surface area (Å²) >= 11 is 0. The van der Waals surface area contributed by atoms with E-state index >= 15 is 0 Å². The number of allylic oxidation sites excluding steroid dienone is 2. The summed E-state index contributed by atoms with van der Waals surface area (Å²) in [7, 11) is 0. The van der Waals surface area contributed by atoms with Crippen molar-refractivity contribution in [3.05, 3.63) is 96.1 Å². The summed E-state index contributed by atoms with van der Waals surface area (Å²) in [6, 6.07) is 17.2. The number of hydrogen-bond donors (Lipinski definition) is 0. The molecule has 0 saturated heterocycles. The Hall–Kier alpha value is -2.74. The summed E-state index contributed by atoms with van der Waals surface area (Å²) in [5.74, 6) is 1.44. The van der Waals surface area contributed by atoms with E-state index in [0.717, 1.165) is 37.8 Å². The molecule has 2 aromatic rings. The van der Waals surface area contributed by atoms with E-state index in [1.54, 1.807) is 0 Å². The quantitative estimate of drug-likeness (QED) is 0.323. The van der Waals surface area contributed by atoms with Gasteiger partial charge in [0, 0.05) is 25.5 Å². The Labute approximate surface area is 182 Å². The summed E-state index contributed by atoms with van der Waals surface area (Å²) in [5.41, 5.74) is 4.97. The van der Waals surface area contributed by atoms with Crippen LogP contribution in [0.25, 0.3) is 0 Å². The van der Waals surface area contributed by atoms with Gasteiger partial charge in [0.1, 0.15) is 0 Å². The molecule has 0 radical (unpaired) electrons. The van der Waals surface area contributed by atoms with Crippen molar-refractivity contribution in [2.24, 2.45) is 21.8 Å². The normalized spacial score (nSPS) is 19.3. The van der Waals surface area contributed by atoms with Gasteiger partial charge in [0.2, 0.25) is 0 Å². The fraction of sp³-hybridized carbons (Fsp3) is 0.357. The van der Waals surface area contributed by atoms with Crippen LogP contribution in [0.2, 0.25) is 0 Å². The van der Waals surface area contributed by atoms with E-state index < -0.39 is 0 Å². The van der Waals surface area contributed by atoms with Crippen molar-refractivity contribution in [1.82, 2.24) is 0 Å². The van der Waals surface area contributed by atoms with Gasteiger partial charge in [-0.3, -0.25) is 9.98 Å². The van der Waals surface area contributed by atoms with Gasteiger partial charge in [0.15, 0.2) is 0 Å². The Morgan fingerprint density at radius 1 is 0.633 bits per heavy atom. The van der Waals surface area contributed by atoms with E-state index in [9.17, 15) is 0 Å². The van der Waals surface area contributed by atoms with Crippen LogP contribution in [0.5, 0.6) is 0 Å². The molecule has 1 saturated carbocycles. The maximum absolute atomic E-state index is 4.71. The maximum atomic E-state index is 4.71. The maximum Gasteiger partial charge on any atom is 0.0417 e. The average Bonchev–Trinajstić information content (AvgIpc) is 2.78. The van der Waals surface area contributed by atoms with E-state index in [2.05, 4.69) is 61.7 Å². The fourth-order valence-corrected chi connectivity index (χ4v) is 4.02. The molecule has 2 aromatic carbocycles. The Bertz CT molecular complexity index is 762. The summed E-state index contributed by atoms with van der Waals surface area (Å²) in [6.07, 6.45) is 14.8. The molecule has 0 heterocycles. The molecular formula is C28H34N2. The first-order valence-corrected chi connectivity index (χ1v) is 11.2. The molecule has 2 heteroatoms. The second-order valence-electron chi connectivity index (χ2n) is 8.34. The molecule has 0 bridgehead atoms. The van der Waals surface area contributed by atoms with E-state index in [-0.39, 0.29) is 0 Å². The molecule has 0 unspecified atom stereocenters. The molecule has 0 atom stereocenters. The number of hydrogen-bond acceptors (Lipinski definition) is 2. The van der Waals surface area contributed by atoms with Crippen LogP contribution in [0.1, 0.15) is 47.9 Å². The molecule has 156 valence electrons. The Morgan fingerprint density at radius 2 is 1.00 bits per heavy atom. The minimum absolute atomic E-state index is 0.721. The van der Waals surface area contributed by atoms with Gasteiger partial charge < -0.3 is 0 Å². The number of aliphatic imine (C=N–C) groups is 2. The lowest BCUT2D eigenvalue weighted by Crippen LogP contribution is -2.18. The monoisotopic (exact) mass is 398 g/mol. The molecular weight excluding hydrogens is 364 g/mol. The molecule has 1 fully saturated rings. The number of benzene rings is 2. The lowest BCUT2D eigenvalue weighted by Gasteiger charge is -2.26. The van der Waals surface area contributed by atoms with Crippen molar-refractivity contribution in [3.63, 3.8) is 0 Å². The van der Waals surface area contributed by atoms with Crippen LogP contribution >= 0.6 is 0 Å². The highest BCUT2D eigenvalue weighted by Gasteiger charge is 2.20. The number of rotatable bonds is 10. The minimum Gasteiger partial charge on any atom is -0.292 e. The predicted octanol–water partition coefficient (Wildman–Crippen LogP) is 6.49. The first kappa shape index (κ1) is 22.0. The van der Waals surface area contributed by atoms with E-state index in [4.69, 9.17) is 9.98 Å². The second-order valence-corrected chi connectivity index (χ2v) is 8.34. The van der Waals surface area contributed by atoms with Crippen LogP contribution in [0.3, 0.4) is 0 Å². The minimum atomic E-state index is 0.721. The molecule has 0 amide bonds. The summed E-state index contributed by atoms with van der Waals surface area (Å²) in [5, 5.41) is 0. The van der Waals surface area contributed by atoms with Gasteiger partial charge in [-0.2, -0.15) is 0 Å². The first-order valence-electron chi connectivity index (χ1n) is 11.2. The second kappa shape index (κ2) is 12.1. The summed E-state index contributed by atoms with van der Waals surface area (Å²) in [6.45, 7) is 9.47. The highest BCUT2D eigenvalue weighted by atomic mass is 14.7. The topological polar surface area (TPSA) is 24.7 Å². The van der Waals surface area contributed by atoms with Crippen molar-refractivity contribution in [2.45, 2.75) is 38.5 Å². The molecule has 1 aliphatic rings. The molecule has 0 aromatic heterocycles. The predicted molar refractivity (Wildman–Crippen MR) is 131 cm³/mol. The average molecular weight is 399 g/mol. The lowest BCUT2D eigenvalue weighted by atomic mass is 9.82. The third kappa shape index (κ3) is 7.26. The zero-order valence-electron chi connectivity index (χ0n) is 18.0. The van der Waals surface area contributed by atoms with Gasteiger partial charge in [0.25, 0.3) is 0 Å². The Balaban J connectivity index is 1.36. The third-order valence-corrected chi connectivity index (χ3v) is 5.89. The van der Waals surface area contributed by atoms with E-state index in [1.807, 2.05) is 24.6 Å². The Morgan fingerprint density at radius 3 is 1.33 bits per heavy atom. The SMILES string of the molecule is C=CCc1ccc(C=NCC2CCC(CN=Cc3ccc(CC=C)cc3)CC2)cc1. The van der Waals surface area contributed by atoms with Crippen molar-refractivity contribution < 1.29 is 0 Å². The molecule has 0 aliphatic heterocycles. The Kier molecular flexibility index (Phi) is 8.83. The van der Waals surface area contributed by atoms with Gasteiger partial charge in [-0.15, -0.1) is 13.2 Å². The molecule has 2 nitrogen and oxygen atoms in total. The standard InChI is InChI=1S/C28H34N2/c1-3-5-23-7-11-25(12-8-23)19-29-21-27-15-17-28(18-16-27)22-30-20-26-13-9-24(6-4-2)10-14-26/h3-4,7-14,19-20,27-28H,1-2,5-6,15-18,21-22H2. The highest BCUT2D eigenvalue weighted by molar-refractivity contribution is 5.80. The van der Waals surface area contributed by atoms with Crippen molar-refractivity contribution >= 4 is 12.4 Å². The largest absolute Gasteiger partial charge is 0.292 e. The van der Waals surface area contributed by atoms with Crippen LogP contribution in [-0.4, -0.2) is 25.5 Å². The third-order valence-electron chi connectivity index (χ3n) is 5.89. The molecule has 3 rings (SSSR count). The number of nitrogens with zero attached hydrogens (tertiary/aromatic N) is 2. The van der Waals surface area contributed by atoms with Crippen LogP contribution < -0.4 is 0 Å². The van der Waals surface area contributed by atoms with Crippen molar-refractivity contribution in [1.29, 1.82) is 0 Å². The van der Waals surface area contributed by atoms with Crippen LogP contribution in [-0.2, 0) is 12.8 Å². The highest BCUT2D eigenvalue weighted by Crippen LogP contribution is 2.29. The van der Waals surface area contributed by atoms with E-state index in [0.29, 0.717) is 0 Å². The zero-order chi connectivity index (χ0) is 21.0. The molecule has 0 spiro atoms. The van der Waals surface area contributed by atoms with Crippen LogP contribution in [0, 0.1) is 11.8 Å². The lowest BCUT2D eigenvalue weighted by molar-refractivity contribution is 0.286. The fourth-order valence-electron chi connectivity index (χ4n) is 4.02.